The molecule has 0 unspecified atom stereocenters. The topological polar surface area (TPSA) is 48.2 Å². The van der Waals surface area contributed by atoms with Crippen molar-refractivity contribution in [2.75, 3.05) is 31.2 Å². The molecule has 2 heterocycles. The third-order valence-electron chi connectivity index (χ3n) is 5.34. The van der Waals surface area contributed by atoms with Crippen LogP contribution >= 0.6 is 0 Å². The number of ether oxygens (including phenoxy) is 1. The normalized spacial score (nSPS) is 10.7. The van der Waals surface area contributed by atoms with Crippen molar-refractivity contribution in [2.24, 2.45) is 24.3 Å². The minimum Gasteiger partial charge on any atom is -0.497 e. The van der Waals surface area contributed by atoms with Gasteiger partial charge >= 0.3 is 0 Å². The number of para-hydroxylation sites is 1. The summed E-state index contributed by atoms with van der Waals surface area (Å²) in [5.41, 5.74) is 4.24. The van der Waals surface area contributed by atoms with E-state index >= 15 is 0 Å². The summed E-state index contributed by atoms with van der Waals surface area (Å²) < 4.78 is 9.12. The SMILES string of the molecule is CN(N=Cc1cc[n+](C)cc1)c1ccccc1.COc1ccc(N(C)N=Cc2cc[n+](C)cc2)cc1. The van der Waals surface area contributed by atoms with Gasteiger partial charge in [-0.15, -0.1) is 0 Å². The van der Waals surface area contributed by atoms with Gasteiger partial charge in [0.2, 0.25) is 0 Å². The lowest BCUT2D eigenvalue weighted by atomic mass is 10.3. The maximum absolute atomic E-state index is 5.13. The molecule has 2 aromatic carbocycles. The van der Waals surface area contributed by atoms with E-state index < -0.39 is 0 Å². The summed E-state index contributed by atoms with van der Waals surface area (Å²) in [5.74, 6) is 0.844. The van der Waals surface area contributed by atoms with Gasteiger partial charge in [-0.2, -0.15) is 10.2 Å². The second-order valence-corrected chi connectivity index (χ2v) is 8.16. The third-order valence-corrected chi connectivity index (χ3v) is 5.34. The zero-order valence-corrected chi connectivity index (χ0v) is 21.6. The number of benzene rings is 2. The molecule has 0 atom stereocenters. The summed E-state index contributed by atoms with van der Waals surface area (Å²) in [6.45, 7) is 0. The van der Waals surface area contributed by atoms with E-state index in [2.05, 4.69) is 10.2 Å². The Balaban J connectivity index is 0.000000202. The average Bonchev–Trinajstić information content (AvgIpc) is 2.93. The summed E-state index contributed by atoms with van der Waals surface area (Å²) >= 11 is 0. The molecule has 7 nitrogen and oxygen atoms in total. The number of aryl methyl sites for hydroxylation is 2. The fourth-order valence-electron chi connectivity index (χ4n) is 3.08. The molecule has 4 aromatic rings. The van der Waals surface area contributed by atoms with Crippen molar-refractivity contribution in [3.63, 3.8) is 0 Å². The van der Waals surface area contributed by atoms with Crippen molar-refractivity contribution in [3.8, 4) is 5.75 Å². The number of hydrogen-bond acceptors (Lipinski definition) is 5. The van der Waals surface area contributed by atoms with Crippen LogP contribution < -0.4 is 23.9 Å². The smallest absolute Gasteiger partial charge is 0.169 e. The Morgan fingerprint density at radius 2 is 1.03 bits per heavy atom. The van der Waals surface area contributed by atoms with Crippen LogP contribution in [-0.4, -0.2) is 33.6 Å². The van der Waals surface area contributed by atoms with Crippen LogP contribution in [0.3, 0.4) is 0 Å². The van der Waals surface area contributed by atoms with Gasteiger partial charge in [-0.1, -0.05) is 18.2 Å². The summed E-state index contributed by atoms with van der Waals surface area (Å²) in [6, 6.07) is 26.0. The molecule has 36 heavy (non-hydrogen) atoms. The minimum absolute atomic E-state index is 0.844. The van der Waals surface area contributed by atoms with Crippen molar-refractivity contribution in [2.45, 2.75) is 0 Å². The number of pyridine rings is 2. The zero-order chi connectivity index (χ0) is 25.8. The van der Waals surface area contributed by atoms with E-state index in [1.165, 1.54) is 0 Å². The number of hydrazone groups is 2. The quantitative estimate of drug-likeness (QED) is 0.228. The van der Waals surface area contributed by atoms with Crippen molar-refractivity contribution in [1.29, 1.82) is 0 Å². The molecule has 0 spiro atoms. The van der Waals surface area contributed by atoms with Gasteiger partial charge < -0.3 is 4.74 Å². The molecular formula is C29H34N6O+2. The van der Waals surface area contributed by atoms with Crippen LogP contribution in [0.2, 0.25) is 0 Å². The molecule has 0 saturated heterocycles. The zero-order valence-electron chi connectivity index (χ0n) is 21.6. The van der Waals surface area contributed by atoms with Crippen LogP contribution in [0.25, 0.3) is 0 Å². The first kappa shape index (κ1) is 26.1. The first-order chi connectivity index (χ1) is 17.4. The molecule has 184 valence electrons. The molecular weight excluding hydrogens is 448 g/mol. The number of nitrogens with zero attached hydrogens (tertiary/aromatic N) is 6. The fourth-order valence-corrected chi connectivity index (χ4v) is 3.08. The van der Waals surface area contributed by atoms with E-state index in [9.17, 15) is 0 Å². The first-order valence-electron chi connectivity index (χ1n) is 11.6. The van der Waals surface area contributed by atoms with Crippen LogP contribution in [0.5, 0.6) is 5.75 Å². The largest absolute Gasteiger partial charge is 0.497 e. The van der Waals surface area contributed by atoms with Gasteiger partial charge in [0.1, 0.15) is 19.8 Å². The highest BCUT2D eigenvalue weighted by molar-refractivity contribution is 5.80. The highest BCUT2D eigenvalue weighted by Gasteiger charge is 1.99. The van der Waals surface area contributed by atoms with Gasteiger partial charge in [-0.3, -0.25) is 10.0 Å². The third kappa shape index (κ3) is 8.36. The maximum atomic E-state index is 5.13. The van der Waals surface area contributed by atoms with Crippen molar-refractivity contribution in [3.05, 3.63) is 115 Å². The summed E-state index contributed by atoms with van der Waals surface area (Å²) in [7, 11) is 9.50. The molecule has 4 rings (SSSR count). The fraction of sp³-hybridized carbons (Fsp3) is 0.172. The van der Waals surface area contributed by atoms with Crippen molar-refractivity contribution in [1.82, 2.24) is 0 Å². The molecule has 0 amide bonds. The molecule has 7 heteroatoms. The first-order valence-corrected chi connectivity index (χ1v) is 11.6. The van der Waals surface area contributed by atoms with E-state index in [1.54, 1.807) is 7.11 Å². The number of hydrogen-bond donors (Lipinski definition) is 0. The van der Waals surface area contributed by atoms with E-state index in [0.29, 0.717) is 0 Å². The molecule has 0 aliphatic carbocycles. The van der Waals surface area contributed by atoms with Gasteiger partial charge in [0.05, 0.1) is 30.9 Å². The minimum atomic E-state index is 0.844. The van der Waals surface area contributed by atoms with Gasteiger partial charge in [0.25, 0.3) is 0 Å². The van der Waals surface area contributed by atoms with Crippen LogP contribution in [0.1, 0.15) is 11.1 Å². The molecule has 0 N–H and O–H groups in total. The van der Waals surface area contributed by atoms with E-state index in [0.717, 1.165) is 28.3 Å². The molecule has 0 fully saturated rings. The molecule has 0 aliphatic heterocycles. The highest BCUT2D eigenvalue weighted by atomic mass is 16.5. The lowest BCUT2D eigenvalue weighted by Crippen LogP contribution is -2.25. The van der Waals surface area contributed by atoms with Crippen LogP contribution in [0.4, 0.5) is 11.4 Å². The predicted molar refractivity (Wildman–Crippen MR) is 147 cm³/mol. The summed E-state index contributed by atoms with van der Waals surface area (Å²) in [5, 5.41) is 12.5. The van der Waals surface area contributed by atoms with Crippen LogP contribution in [0, 0.1) is 0 Å². The Labute approximate surface area is 213 Å². The van der Waals surface area contributed by atoms with Gasteiger partial charge in [-0.25, -0.2) is 9.13 Å². The lowest BCUT2D eigenvalue weighted by Gasteiger charge is -2.12. The number of methoxy groups -OCH3 is 1. The van der Waals surface area contributed by atoms with Crippen LogP contribution in [0.15, 0.2) is 114 Å². The average molecular weight is 483 g/mol. The highest BCUT2D eigenvalue weighted by Crippen LogP contribution is 2.18. The number of aromatic nitrogens is 2. The maximum Gasteiger partial charge on any atom is 0.169 e. The Morgan fingerprint density at radius 3 is 1.44 bits per heavy atom. The molecule has 0 radical (unpaired) electrons. The van der Waals surface area contributed by atoms with Gasteiger partial charge in [-0.05, 0) is 36.4 Å². The lowest BCUT2D eigenvalue weighted by molar-refractivity contribution is -0.671. The van der Waals surface area contributed by atoms with Crippen molar-refractivity contribution >= 4 is 23.8 Å². The Kier molecular flexibility index (Phi) is 9.70. The van der Waals surface area contributed by atoms with Crippen molar-refractivity contribution < 1.29 is 13.9 Å². The summed E-state index contributed by atoms with van der Waals surface area (Å²) in [4.78, 5) is 0. The standard InChI is InChI=1S/C15H18N3O.C14H16N3/c1-17-10-8-13(9-11-17)12-16-18(2)14-4-6-15(19-3)7-5-14;1-16-10-8-13(9-11-16)12-15-17(2)14-6-4-3-5-7-14/h4-12H,1-3H3;3-12H,1-2H3/q2*+1. The molecule has 0 saturated carbocycles. The van der Waals surface area contributed by atoms with Gasteiger partial charge in [0.15, 0.2) is 24.8 Å². The number of anilines is 2. The monoisotopic (exact) mass is 482 g/mol. The Bertz CT molecular complexity index is 1240. The number of rotatable bonds is 7. The summed E-state index contributed by atoms with van der Waals surface area (Å²) in [6.07, 6.45) is 11.7. The Morgan fingerprint density at radius 1 is 0.611 bits per heavy atom. The van der Waals surface area contributed by atoms with Gasteiger partial charge in [0, 0.05) is 49.5 Å². The second-order valence-electron chi connectivity index (χ2n) is 8.16. The predicted octanol–water partition coefficient (Wildman–Crippen LogP) is 3.97. The molecule has 2 aromatic heterocycles. The van der Waals surface area contributed by atoms with Crippen LogP contribution in [-0.2, 0) is 14.1 Å². The molecule has 0 bridgehead atoms. The van der Waals surface area contributed by atoms with E-state index in [1.807, 2.05) is 163 Å². The second kappa shape index (κ2) is 13.4. The van der Waals surface area contributed by atoms with E-state index in [4.69, 9.17) is 4.74 Å². The van der Waals surface area contributed by atoms with E-state index in [-0.39, 0.29) is 0 Å². The molecule has 0 aliphatic rings. The Hall–Kier alpha value is -4.52.